The van der Waals surface area contributed by atoms with Gasteiger partial charge in [0.15, 0.2) is 6.10 Å². The highest BCUT2D eigenvalue weighted by molar-refractivity contribution is 6.35. The van der Waals surface area contributed by atoms with E-state index in [0.29, 0.717) is 36.3 Å². The fraction of sp³-hybridized carbons (Fsp3) is 0.381. The van der Waals surface area contributed by atoms with Crippen LogP contribution in [0, 0.1) is 0 Å². The Morgan fingerprint density at radius 1 is 1.27 bits per heavy atom. The lowest BCUT2D eigenvalue weighted by Gasteiger charge is -2.40. The number of ether oxygens (including phenoxy) is 1. The molecule has 1 amide bonds. The number of benzene rings is 1. The number of amides is 1. The first-order chi connectivity index (χ1) is 14.5. The van der Waals surface area contributed by atoms with Gasteiger partial charge in [0.25, 0.3) is 5.91 Å². The number of aromatic nitrogens is 3. The Kier molecular flexibility index (Phi) is 5.05. The van der Waals surface area contributed by atoms with Gasteiger partial charge in [-0.25, -0.2) is 4.98 Å². The van der Waals surface area contributed by atoms with Gasteiger partial charge in [0.05, 0.1) is 49.1 Å². The molecule has 2 aromatic heterocycles. The second kappa shape index (κ2) is 7.72. The van der Waals surface area contributed by atoms with E-state index in [-0.39, 0.29) is 11.9 Å². The second-order valence-electron chi connectivity index (χ2n) is 7.68. The number of anilines is 1. The van der Waals surface area contributed by atoms with Crippen LogP contribution in [0.3, 0.4) is 0 Å². The molecular weight excluding hydrogens is 425 g/mol. The van der Waals surface area contributed by atoms with Gasteiger partial charge in [-0.05, 0) is 36.6 Å². The summed E-state index contributed by atoms with van der Waals surface area (Å²) in [4.78, 5) is 29.2. The van der Waals surface area contributed by atoms with Crippen LogP contribution in [0.1, 0.15) is 24.1 Å². The standard InChI is InChI=1S/C21H21Cl2N5O2/c1-12-19-13(6-14(22)7-15(19)23)2-3-28(12)21(29)18-10-27(4-5-30-18)17-9-24-8-16-20(17)26-11-25-16/h6-9,11-12,18H,2-5,10H2,1H3,(H,25,26)/t12-,18+/m0/s1. The zero-order valence-electron chi connectivity index (χ0n) is 16.4. The van der Waals surface area contributed by atoms with E-state index >= 15 is 0 Å². The number of nitrogens with one attached hydrogen (secondary N) is 1. The van der Waals surface area contributed by atoms with Crippen molar-refractivity contribution in [2.45, 2.75) is 25.5 Å². The number of hydrogen-bond acceptors (Lipinski definition) is 5. The van der Waals surface area contributed by atoms with E-state index in [1.807, 2.05) is 17.9 Å². The Morgan fingerprint density at radius 3 is 3.00 bits per heavy atom. The Morgan fingerprint density at radius 2 is 2.13 bits per heavy atom. The molecule has 4 heterocycles. The topological polar surface area (TPSA) is 74.4 Å². The van der Waals surface area contributed by atoms with Crippen LogP contribution in [-0.2, 0) is 16.0 Å². The minimum absolute atomic E-state index is 0.0222. The lowest BCUT2D eigenvalue weighted by atomic mass is 9.93. The van der Waals surface area contributed by atoms with Crippen molar-refractivity contribution in [2.75, 3.05) is 31.1 Å². The molecule has 0 saturated carbocycles. The van der Waals surface area contributed by atoms with Gasteiger partial charge < -0.3 is 19.5 Å². The number of imidazole rings is 1. The number of nitrogens with zero attached hydrogens (tertiary/aromatic N) is 4. The van der Waals surface area contributed by atoms with Crippen molar-refractivity contribution in [2.24, 2.45) is 0 Å². The lowest BCUT2D eigenvalue weighted by Crippen LogP contribution is -2.53. The minimum atomic E-state index is -0.553. The largest absolute Gasteiger partial charge is 0.365 e. The normalized spacial score (nSPS) is 21.7. The summed E-state index contributed by atoms with van der Waals surface area (Å²) in [6, 6.07) is 3.54. The quantitative estimate of drug-likeness (QED) is 0.651. The molecule has 1 aromatic carbocycles. The van der Waals surface area contributed by atoms with E-state index < -0.39 is 6.10 Å². The molecular formula is C21H21Cl2N5O2. The molecule has 0 aliphatic carbocycles. The van der Waals surface area contributed by atoms with Gasteiger partial charge in [-0.2, -0.15) is 0 Å². The molecule has 0 spiro atoms. The molecule has 2 aliphatic heterocycles. The van der Waals surface area contributed by atoms with Gasteiger partial charge in [0, 0.05) is 23.1 Å². The first-order valence-electron chi connectivity index (χ1n) is 9.95. The van der Waals surface area contributed by atoms with Crippen LogP contribution in [0.15, 0.2) is 30.9 Å². The van der Waals surface area contributed by atoms with Crippen molar-refractivity contribution < 1.29 is 9.53 Å². The highest BCUT2D eigenvalue weighted by Gasteiger charge is 2.36. The molecule has 1 N–H and O–H groups in total. The van der Waals surface area contributed by atoms with Gasteiger partial charge in [0.2, 0.25) is 0 Å². The van der Waals surface area contributed by atoms with Gasteiger partial charge in [-0.15, -0.1) is 0 Å². The summed E-state index contributed by atoms with van der Waals surface area (Å²) >= 11 is 12.6. The third-order valence-electron chi connectivity index (χ3n) is 5.96. The number of rotatable bonds is 2. The molecule has 7 nitrogen and oxygen atoms in total. The monoisotopic (exact) mass is 445 g/mol. The molecule has 5 rings (SSSR count). The fourth-order valence-electron chi connectivity index (χ4n) is 4.49. The highest BCUT2D eigenvalue weighted by atomic mass is 35.5. The number of carbonyl (C=O) groups is 1. The molecule has 0 bridgehead atoms. The van der Waals surface area contributed by atoms with Crippen LogP contribution in [0.5, 0.6) is 0 Å². The number of halogens is 2. The molecule has 2 aliphatic rings. The van der Waals surface area contributed by atoms with E-state index in [2.05, 4.69) is 19.9 Å². The van der Waals surface area contributed by atoms with Crippen LogP contribution in [-0.4, -0.2) is 58.1 Å². The molecule has 1 fully saturated rings. The van der Waals surface area contributed by atoms with Crippen molar-refractivity contribution in [1.82, 2.24) is 19.9 Å². The van der Waals surface area contributed by atoms with E-state index in [1.54, 1.807) is 24.8 Å². The number of carbonyl (C=O) groups excluding carboxylic acids is 1. The molecule has 2 atom stereocenters. The number of morpholine rings is 1. The summed E-state index contributed by atoms with van der Waals surface area (Å²) in [6.45, 7) is 4.22. The van der Waals surface area contributed by atoms with Crippen LogP contribution in [0.25, 0.3) is 11.0 Å². The molecule has 1 saturated heterocycles. The number of hydrogen-bond donors (Lipinski definition) is 1. The van der Waals surface area contributed by atoms with Crippen molar-refractivity contribution in [3.05, 3.63) is 52.0 Å². The van der Waals surface area contributed by atoms with Gasteiger partial charge in [-0.3, -0.25) is 9.78 Å². The van der Waals surface area contributed by atoms with Crippen molar-refractivity contribution in [3.63, 3.8) is 0 Å². The number of pyridine rings is 1. The van der Waals surface area contributed by atoms with Crippen molar-refractivity contribution in [1.29, 1.82) is 0 Å². The van der Waals surface area contributed by atoms with Gasteiger partial charge in [0.1, 0.15) is 5.52 Å². The number of fused-ring (bicyclic) bond motifs is 2. The van der Waals surface area contributed by atoms with E-state index in [4.69, 9.17) is 27.9 Å². The van der Waals surface area contributed by atoms with Gasteiger partial charge >= 0.3 is 0 Å². The summed E-state index contributed by atoms with van der Waals surface area (Å²) in [7, 11) is 0. The predicted molar refractivity (Wildman–Crippen MR) is 116 cm³/mol. The van der Waals surface area contributed by atoms with Crippen LogP contribution < -0.4 is 4.90 Å². The Hall–Kier alpha value is -2.35. The highest BCUT2D eigenvalue weighted by Crippen LogP contribution is 2.37. The molecule has 30 heavy (non-hydrogen) atoms. The molecule has 3 aromatic rings. The Balaban J connectivity index is 1.38. The number of H-pyrrole nitrogens is 1. The Bertz CT molecular complexity index is 1120. The smallest absolute Gasteiger partial charge is 0.254 e. The van der Waals surface area contributed by atoms with Crippen LogP contribution in [0.4, 0.5) is 5.69 Å². The first kappa shape index (κ1) is 19.6. The second-order valence-corrected chi connectivity index (χ2v) is 8.52. The minimum Gasteiger partial charge on any atom is -0.365 e. The summed E-state index contributed by atoms with van der Waals surface area (Å²) in [5.74, 6) is -0.0222. The van der Waals surface area contributed by atoms with E-state index in [9.17, 15) is 4.79 Å². The fourth-order valence-corrected chi connectivity index (χ4v) is 5.18. The van der Waals surface area contributed by atoms with Crippen LogP contribution >= 0.6 is 23.2 Å². The summed E-state index contributed by atoms with van der Waals surface area (Å²) < 4.78 is 5.89. The zero-order valence-corrected chi connectivity index (χ0v) is 18.0. The van der Waals surface area contributed by atoms with E-state index in [0.717, 1.165) is 34.3 Å². The maximum absolute atomic E-state index is 13.4. The molecule has 0 radical (unpaired) electrons. The van der Waals surface area contributed by atoms with Crippen molar-refractivity contribution >= 4 is 45.8 Å². The zero-order chi connectivity index (χ0) is 20.8. The van der Waals surface area contributed by atoms with Gasteiger partial charge in [-0.1, -0.05) is 23.2 Å². The summed E-state index contributed by atoms with van der Waals surface area (Å²) in [5, 5.41) is 1.23. The third-order valence-corrected chi connectivity index (χ3v) is 6.50. The summed E-state index contributed by atoms with van der Waals surface area (Å²) in [6.07, 6.45) is 5.36. The maximum atomic E-state index is 13.4. The van der Waals surface area contributed by atoms with Crippen molar-refractivity contribution in [3.8, 4) is 0 Å². The predicted octanol–water partition coefficient (Wildman–Crippen LogP) is 3.62. The molecule has 9 heteroatoms. The third kappa shape index (κ3) is 3.31. The summed E-state index contributed by atoms with van der Waals surface area (Å²) in [5.41, 5.74) is 4.70. The molecule has 0 unspecified atom stereocenters. The van der Waals surface area contributed by atoms with Crippen LogP contribution in [0.2, 0.25) is 10.0 Å². The number of aromatic amines is 1. The lowest BCUT2D eigenvalue weighted by molar-refractivity contribution is -0.147. The average molecular weight is 446 g/mol. The van der Waals surface area contributed by atoms with E-state index in [1.165, 1.54) is 0 Å². The molecule has 156 valence electrons. The maximum Gasteiger partial charge on any atom is 0.254 e. The SMILES string of the molecule is C[C@H]1c2c(Cl)cc(Cl)cc2CCN1C(=O)[C@H]1CN(c2cncc3[nH]cnc23)CCO1. The first-order valence-corrected chi connectivity index (χ1v) is 10.7. The Labute approximate surface area is 183 Å². The average Bonchev–Trinajstić information content (AvgIpc) is 3.22.